The summed E-state index contributed by atoms with van der Waals surface area (Å²) in [5.74, 6) is -0.494. The topological polar surface area (TPSA) is 38.8 Å². The summed E-state index contributed by atoms with van der Waals surface area (Å²) in [6.07, 6.45) is 0.189. The van der Waals surface area contributed by atoms with Crippen molar-refractivity contribution in [3.63, 3.8) is 0 Å². The molecule has 1 saturated carbocycles. The first kappa shape index (κ1) is 14.4. The number of rotatable bonds is 3. The Kier molecular flexibility index (Phi) is 3.65. The number of amides is 1. The van der Waals surface area contributed by atoms with Gasteiger partial charge in [-0.3, -0.25) is 4.79 Å². The molecule has 4 nitrogen and oxygen atoms in total. The maximum atomic E-state index is 13.0. The van der Waals surface area contributed by atoms with E-state index >= 15 is 0 Å². The van der Waals surface area contributed by atoms with Gasteiger partial charge < -0.3 is 14.4 Å². The van der Waals surface area contributed by atoms with E-state index in [9.17, 15) is 13.6 Å². The number of carbonyl (C=O) groups is 1. The second kappa shape index (κ2) is 5.33. The minimum atomic E-state index is -3.66. The monoisotopic (exact) mass is 317 g/mol. The zero-order valence-corrected chi connectivity index (χ0v) is 11.9. The summed E-state index contributed by atoms with van der Waals surface area (Å²) in [5, 5.41) is 0. The Bertz CT molecular complexity index is 561. The quantitative estimate of drug-likeness (QED) is 0.801. The molecule has 0 bridgehead atoms. The van der Waals surface area contributed by atoms with E-state index in [2.05, 4.69) is 9.47 Å². The third-order valence-electron chi connectivity index (χ3n) is 3.74. The summed E-state index contributed by atoms with van der Waals surface area (Å²) in [6, 6.07) is 4.41. The van der Waals surface area contributed by atoms with Gasteiger partial charge in [-0.25, -0.2) is 0 Å². The van der Waals surface area contributed by atoms with Crippen molar-refractivity contribution in [1.82, 2.24) is 0 Å². The molecule has 1 aromatic rings. The summed E-state index contributed by atoms with van der Waals surface area (Å²) >= 11 is 5.67. The maximum absolute atomic E-state index is 13.0. The van der Waals surface area contributed by atoms with Gasteiger partial charge in [0.15, 0.2) is 11.5 Å². The molecule has 2 aliphatic rings. The van der Waals surface area contributed by atoms with Gasteiger partial charge in [-0.1, -0.05) is 12.8 Å². The van der Waals surface area contributed by atoms with Crippen molar-refractivity contribution in [3.8, 4) is 11.5 Å². The van der Waals surface area contributed by atoms with E-state index in [1.807, 2.05) is 0 Å². The molecule has 0 radical (unpaired) electrons. The zero-order chi connectivity index (χ0) is 15.0. The molecule has 0 atom stereocenters. The lowest BCUT2D eigenvalue weighted by atomic mass is 10.1. The van der Waals surface area contributed by atoms with Crippen LogP contribution in [-0.4, -0.2) is 24.1 Å². The van der Waals surface area contributed by atoms with Crippen LogP contribution in [0.15, 0.2) is 18.2 Å². The van der Waals surface area contributed by atoms with Crippen LogP contribution in [0.2, 0.25) is 0 Å². The van der Waals surface area contributed by atoms with Gasteiger partial charge in [0, 0.05) is 17.8 Å². The molecule has 0 saturated heterocycles. The van der Waals surface area contributed by atoms with Crippen molar-refractivity contribution >= 4 is 23.2 Å². The fourth-order valence-electron chi connectivity index (χ4n) is 2.87. The van der Waals surface area contributed by atoms with Crippen molar-refractivity contribution in [2.75, 3.05) is 10.8 Å². The molecule has 1 heterocycles. The minimum Gasteiger partial charge on any atom is -0.395 e. The number of hydrogen-bond donors (Lipinski definition) is 0. The third-order valence-corrected chi connectivity index (χ3v) is 3.96. The maximum Gasteiger partial charge on any atom is 0.586 e. The number of hydrogen-bond acceptors (Lipinski definition) is 3. The van der Waals surface area contributed by atoms with Crippen molar-refractivity contribution in [2.45, 2.75) is 38.0 Å². The summed E-state index contributed by atoms with van der Waals surface area (Å²) in [6.45, 7) is 0. The third kappa shape index (κ3) is 2.77. The highest BCUT2D eigenvalue weighted by Gasteiger charge is 2.43. The summed E-state index contributed by atoms with van der Waals surface area (Å²) in [4.78, 5) is 13.7. The van der Waals surface area contributed by atoms with Crippen molar-refractivity contribution in [2.24, 2.45) is 0 Å². The van der Waals surface area contributed by atoms with Crippen LogP contribution in [0, 0.1) is 0 Å². The highest BCUT2D eigenvalue weighted by Crippen LogP contribution is 2.43. The molecular weight excluding hydrogens is 304 g/mol. The highest BCUT2D eigenvalue weighted by atomic mass is 35.5. The van der Waals surface area contributed by atoms with Crippen molar-refractivity contribution in [3.05, 3.63) is 18.2 Å². The molecule has 0 aromatic heterocycles. The summed E-state index contributed by atoms with van der Waals surface area (Å²) < 4.78 is 34.9. The Morgan fingerprint density at radius 2 is 1.95 bits per heavy atom. The predicted molar refractivity (Wildman–Crippen MR) is 73.1 cm³/mol. The van der Waals surface area contributed by atoms with Gasteiger partial charge in [0.1, 0.15) is 5.88 Å². The number of fused-ring (bicyclic) bond motifs is 1. The summed E-state index contributed by atoms with van der Waals surface area (Å²) in [5.41, 5.74) is 0.507. The zero-order valence-electron chi connectivity index (χ0n) is 11.2. The second-order valence-electron chi connectivity index (χ2n) is 5.13. The lowest BCUT2D eigenvalue weighted by molar-refractivity contribution is -0.286. The van der Waals surface area contributed by atoms with E-state index in [4.69, 9.17) is 11.6 Å². The molecule has 0 spiro atoms. The van der Waals surface area contributed by atoms with Gasteiger partial charge in [-0.15, -0.1) is 20.4 Å². The smallest absolute Gasteiger partial charge is 0.395 e. The summed E-state index contributed by atoms with van der Waals surface area (Å²) in [7, 11) is 0. The van der Waals surface area contributed by atoms with Gasteiger partial charge in [0.25, 0.3) is 0 Å². The Balaban J connectivity index is 1.92. The van der Waals surface area contributed by atoms with Gasteiger partial charge in [-0.05, 0) is 25.0 Å². The molecule has 21 heavy (non-hydrogen) atoms. The van der Waals surface area contributed by atoms with E-state index < -0.39 is 6.29 Å². The molecule has 0 N–H and O–H groups in total. The number of anilines is 1. The minimum absolute atomic E-state index is 0.0338. The number of halogens is 3. The van der Waals surface area contributed by atoms with E-state index in [-0.39, 0.29) is 29.3 Å². The molecule has 1 aromatic carbocycles. The molecule has 114 valence electrons. The van der Waals surface area contributed by atoms with E-state index in [1.54, 1.807) is 11.0 Å². The molecular formula is C14H14ClF2NO3. The van der Waals surface area contributed by atoms with Crippen LogP contribution >= 0.6 is 11.6 Å². The second-order valence-corrected chi connectivity index (χ2v) is 5.40. The highest BCUT2D eigenvalue weighted by molar-refractivity contribution is 6.29. The van der Waals surface area contributed by atoms with E-state index in [0.717, 1.165) is 25.7 Å². The Morgan fingerprint density at radius 3 is 2.62 bits per heavy atom. The standard InChI is InChI=1S/C14H14ClF2NO3/c15-8-13(19)18(9-3-1-2-4-9)10-5-6-11-12(7-10)21-14(16,17)20-11/h5-7,9H,1-4,8H2. The van der Waals surface area contributed by atoms with Gasteiger partial charge in [-0.2, -0.15) is 0 Å². The lowest BCUT2D eigenvalue weighted by Crippen LogP contribution is -2.39. The number of ether oxygens (including phenoxy) is 2. The molecule has 7 heteroatoms. The number of alkyl halides is 3. The molecule has 1 aliphatic heterocycles. The predicted octanol–water partition coefficient (Wildman–Crippen LogP) is 3.52. The fourth-order valence-corrected chi connectivity index (χ4v) is 3.00. The number of nitrogens with zero attached hydrogens (tertiary/aromatic N) is 1. The first-order valence-electron chi connectivity index (χ1n) is 6.78. The largest absolute Gasteiger partial charge is 0.586 e. The van der Waals surface area contributed by atoms with E-state index in [0.29, 0.717) is 5.69 Å². The lowest BCUT2D eigenvalue weighted by Gasteiger charge is -2.28. The van der Waals surface area contributed by atoms with Crippen molar-refractivity contribution in [1.29, 1.82) is 0 Å². The molecule has 1 amide bonds. The molecule has 3 rings (SSSR count). The molecule has 1 fully saturated rings. The van der Waals surface area contributed by atoms with Crippen LogP contribution in [-0.2, 0) is 4.79 Å². The van der Waals surface area contributed by atoms with Crippen LogP contribution < -0.4 is 14.4 Å². The van der Waals surface area contributed by atoms with Gasteiger partial charge in [0.2, 0.25) is 5.91 Å². The van der Waals surface area contributed by atoms with Crippen molar-refractivity contribution < 1.29 is 23.0 Å². The average Bonchev–Trinajstić information content (AvgIpc) is 3.04. The number of benzene rings is 1. The van der Waals surface area contributed by atoms with Crippen LogP contribution in [0.1, 0.15) is 25.7 Å². The fraction of sp³-hybridized carbons (Fsp3) is 0.500. The van der Waals surface area contributed by atoms with Crippen LogP contribution in [0.4, 0.5) is 14.5 Å². The Morgan fingerprint density at radius 1 is 1.29 bits per heavy atom. The Labute approximate surface area is 125 Å². The van der Waals surface area contributed by atoms with Gasteiger partial charge in [0.05, 0.1) is 0 Å². The van der Waals surface area contributed by atoms with Crippen LogP contribution in [0.3, 0.4) is 0 Å². The average molecular weight is 318 g/mol. The van der Waals surface area contributed by atoms with Gasteiger partial charge >= 0.3 is 6.29 Å². The molecule has 0 unspecified atom stereocenters. The van der Waals surface area contributed by atoms with Crippen LogP contribution in [0.5, 0.6) is 11.5 Å². The van der Waals surface area contributed by atoms with E-state index in [1.165, 1.54) is 12.1 Å². The number of carbonyl (C=O) groups excluding carboxylic acids is 1. The van der Waals surface area contributed by atoms with Crippen LogP contribution in [0.25, 0.3) is 0 Å². The first-order chi connectivity index (χ1) is 10.00. The Hall–Kier alpha value is -1.56. The molecule has 1 aliphatic carbocycles. The SMILES string of the molecule is O=C(CCl)N(c1ccc2c(c1)OC(F)(F)O2)C1CCCC1. The normalized spacial score (nSPS) is 19.8. The first-order valence-corrected chi connectivity index (χ1v) is 7.31.